The lowest BCUT2D eigenvalue weighted by atomic mass is 10.0. The van der Waals surface area contributed by atoms with Crippen LogP contribution in [-0.4, -0.2) is 65.8 Å². The molecule has 320 valence electrons. The first kappa shape index (κ1) is 52.7. The van der Waals surface area contributed by atoms with Crippen molar-refractivity contribution < 1.29 is 23.9 Å². The van der Waals surface area contributed by atoms with Gasteiger partial charge in [-0.05, 0) is 65.5 Å². The van der Waals surface area contributed by atoms with E-state index in [1.807, 2.05) is 19.0 Å². The van der Waals surface area contributed by atoms with E-state index in [2.05, 4.69) is 27.7 Å². The molecular weight excluding hydrogens is 693 g/mol. The third-order valence-corrected chi connectivity index (χ3v) is 11.4. The van der Waals surface area contributed by atoms with Crippen LogP contribution in [0.2, 0.25) is 0 Å². The number of thioether (sulfide) groups is 1. The summed E-state index contributed by atoms with van der Waals surface area (Å²) < 4.78 is 12.2. The molecule has 0 heterocycles. The molecule has 0 N–H and O–H groups in total. The smallest absolute Gasteiger partial charge is 0.427 e. The van der Waals surface area contributed by atoms with E-state index in [-0.39, 0.29) is 12.2 Å². The van der Waals surface area contributed by atoms with E-state index >= 15 is 0 Å². The van der Waals surface area contributed by atoms with Crippen LogP contribution in [0.4, 0.5) is 14.4 Å². The molecule has 0 rings (SSSR count). The number of rotatable bonds is 38. The Kier molecular flexibility index (Phi) is 39.0. The first-order chi connectivity index (χ1) is 26.3. The highest BCUT2D eigenvalue weighted by Gasteiger charge is 2.35. The van der Waals surface area contributed by atoms with Crippen molar-refractivity contribution in [1.82, 2.24) is 9.80 Å². The summed E-state index contributed by atoms with van der Waals surface area (Å²) >= 11 is 0.992. The van der Waals surface area contributed by atoms with Crippen molar-refractivity contribution in [2.75, 3.05) is 26.4 Å². The Labute approximate surface area is 340 Å². The van der Waals surface area contributed by atoms with Crippen LogP contribution in [0, 0.1) is 0 Å². The second-order valence-corrected chi connectivity index (χ2v) is 17.3. The molecule has 1 unspecified atom stereocenters. The van der Waals surface area contributed by atoms with Gasteiger partial charge in [0, 0.05) is 12.3 Å². The summed E-state index contributed by atoms with van der Waals surface area (Å²) in [6.07, 6.45) is 35.4. The van der Waals surface area contributed by atoms with Crippen LogP contribution in [-0.2, 0) is 9.47 Å². The van der Waals surface area contributed by atoms with Gasteiger partial charge in [0.05, 0.1) is 0 Å². The SMILES string of the molecule is CCCCCCCCCCC(CCCCCCCCC)OC(=O)N(C(=O)OC(CCCCCCCCC)CCCCCCCCC)C(=O)SCCN(C)C. The second kappa shape index (κ2) is 39.9. The first-order valence-corrected chi connectivity index (χ1v) is 24.3. The number of nitrogens with zero attached hydrogens (tertiary/aromatic N) is 2. The van der Waals surface area contributed by atoms with Gasteiger partial charge in [-0.2, -0.15) is 0 Å². The molecule has 1 atom stereocenters. The number of ether oxygens (including phenoxy) is 2. The van der Waals surface area contributed by atoms with E-state index in [1.165, 1.54) is 135 Å². The predicted octanol–water partition coefficient (Wildman–Crippen LogP) is 15.7. The Morgan fingerprint density at radius 2 is 0.685 bits per heavy atom. The maximum atomic E-state index is 13.9. The summed E-state index contributed by atoms with van der Waals surface area (Å²) in [7, 11) is 3.90. The van der Waals surface area contributed by atoms with Crippen molar-refractivity contribution in [2.24, 2.45) is 0 Å². The Balaban J connectivity index is 5.68. The topological polar surface area (TPSA) is 76.1 Å². The zero-order valence-electron chi connectivity index (χ0n) is 36.7. The minimum absolute atomic E-state index is 0.306. The highest BCUT2D eigenvalue weighted by Crippen LogP contribution is 2.23. The molecule has 8 heteroatoms. The average molecular weight is 783 g/mol. The molecule has 0 aliphatic rings. The lowest BCUT2D eigenvalue weighted by Crippen LogP contribution is -2.43. The van der Waals surface area contributed by atoms with Gasteiger partial charge in [-0.15, -0.1) is 4.90 Å². The molecule has 0 aromatic heterocycles. The third kappa shape index (κ3) is 32.9. The van der Waals surface area contributed by atoms with Gasteiger partial charge in [-0.25, -0.2) is 9.59 Å². The maximum absolute atomic E-state index is 13.9. The van der Waals surface area contributed by atoms with Gasteiger partial charge in [0.15, 0.2) is 0 Å². The molecule has 0 radical (unpaired) electrons. The third-order valence-electron chi connectivity index (χ3n) is 10.6. The van der Waals surface area contributed by atoms with Crippen molar-refractivity contribution in [3.8, 4) is 0 Å². The zero-order chi connectivity index (χ0) is 39.9. The predicted molar refractivity (Wildman–Crippen MR) is 234 cm³/mol. The van der Waals surface area contributed by atoms with Crippen molar-refractivity contribution in [3.05, 3.63) is 0 Å². The Morgan fingerprint density at radius 1 is 0.426 bits per heavy atom. The number of hydrogen-bond donors (Lipinski definition) is 0. The number of carbonyl (C=O) groups excluding carboxylic acids is 3. The standard InChI is InChI=1S/C46H90N2O5S/c1-7-11-15-19-23-27-31-35-39-43(38-34-30-26-22-18-14-10-4)53-45(50)48(46(51)54-41-40-47(5)6)44(49)52-42(36-32-28-24-20-16-12-8-2)37-33-29-25-21-17-13-9-3/h42-43H,7-41H2,1-6H3. The van der Waals surface area contributed by atoms with Crippen molar-refractivity contribution in [1.29, 1.82) is 0 Å². The molecule has 0 bridgehead atoms. The van der Waals surface area contributed by atoms with Gasteiger partial charge >= 0.3 is 17.4 Å². The molecule has 54 heavy (non-hydrogen) atoms. The van der Waals surface area contributed by atoms with Crippen molar-refractivity contribution in [3.63, 3.8) is 0 Å². The van der Waals surface area contributed by atoms with E-state index < -0.39 is 17.4 Å². The normalized spacial score (nSPS) is 12.1. The number of imide groups is 3. The molecule has 0 aromatic carbocycles. The average Bonchev–Trinajstić information content (AvgIpc) is 3.14. The molecule has 7 nitrogen and oxygen atoms in total. The summed E-state index contributed by atoms with van der Waals surface area (Å²) in [5, 5.41) is -0.598. The van der Waals surface area contributed by atoms with Crippen molar-refractivity contribution >= 4 is 29.2 Å². The molecule has 0 saturated carbocycles. The quantitative estimate of drug-likeness (QED) is 0.0577. The molecular formula is C46H90N2O5S. The molecule has 0 saturated heterocycles. The highest BCUT2D eigenvalue weighted by molar-refractivity contribution is 8.13. The molecule has 0 spiro atoms. The first-order valence-electron chi connectivity index (χ1n) is 23.3. The van der Waals surface area contributed by atoms with Crippen LogP contribution in [0.15, 0.2) is 0 Å². The van der Waals surface area contributed by atoms with Crippen LogP contribution >= 0.6 is 11.8 Å². The minimum Gasteiger partial charge on any atom is -0.445 e. The highest BCUT2D eigenvalue weighted by atomic mass is 32.2. The van der Waals surface area contributed by atoms with Crippen LogP contribution < -0.4 is 0 Å². The Morgan fingerprint density at radius 3 is 0.944 bits per heavy atom. The lowest BCUT2D eigenvalue weighted by Gasteiger charge is -2.25. The fourth-order valence-corrected chi connectivity index (χ4v) is 7.92. The second-order valence-electron chi connectivity index (χ2n) is 16.3. The number of unbranched alkanes of at least 4 members (excludes halogenated alkanes) is 25. The Hall–Kier alpha value is -1.28. The minimum atomic E-state index is -0.861. The zero-order valence-corrected chi connectivity index (χ0v) is 37.6. The summed E-state index contributed by atoms with van der Waals surface area (Å²) in [5.41, 5.74) is 0. The monoisotopic (exact) mass is 783 g/mol. The van der Waals surface area contributed by atoms with Gasteiger partial charge in [0.2, 0.25) is 0 Å². The Bertz CT molecular complexity index is 839. The van der Waals surface area contributed by atoms with E-state index in [0.29, 0.717) is 17.2 Å². The van der Waals surface area contributed by atoms with Gasteiger partial charge in [-0.3, -0.25) is 4.79 Å². The largest absolute Gasteiger partial charge is 0.445 e. The molecule has 0 fully saturated rings. The summed E-state index contributed by atoms with van der Waals surface area (Å²) in [6.45, 7) is 9.62. The molecule has 0 aromatic rings. The van der Waals surface area contributed by atoms with E-state index in [1.54, 1.807) is 0 Å². The maximum Gasteiger partial charge on any atom is 0.427 e. The fourth-order valence-electron chi connectivity index (χ4n) is 7.01. The van der Waals surface area contributed by atoms with E-state index in [9.17, 15) is 14.4 Å². The van der Waals surface area contributed by atoms with Crippen LogP contribution in [0.3, 0.4) is 0 Å². The van der Waals surface area contributed by atoms with E-state index in [4.69, 9.17) is 9.47 Å². The summed E-state index contributed by atoms with van der Waals surface area (Å²) in [6, 6.07) is 0. The number of carbonyl (C=O) groups is 3. The van der Waals surface area contributed by atoms with Gasteiger partial charge in [0.1, 0.15) is 12.2 Å². The molecule has 0 aliphatic carbocycles. The lowest BCUT2D eigenvalue weighted by molar-refractivity contribution is 0.0394. The summed E-state index contributed by atoms with van der Waals surface area (Å²) in [5.74, 6) is 0.474. The number of amides is 3. The van der Waals surface area contributed by atoms with Crippen LogP contribution in [0.25, 0.3) is 0 Å². The van der Waals surface area contributed by atoms with Crippen molar-refractivity contribution in [2.45, 2.75) is 252 Å². The van der Waals surface area contributed by atoms with Gasteiger partial charge in [0.25, 0.3) is 0 Å². The van der Waals surface area contributed by atoms with Crippen LogP contribution in [0.1, 0.15) is 240 Å². The number of hydrogen-bond acceptors (Lipinski definition) is 7. The van der Waals surface area contributed by atoms with Gasteiger partial charge in [-0.1, -0.05) is 200 Å². The molecule has 3 amide bonds. The van der Waals surface area contributed by atoms with Crippen LogP contribution in [0.5, 0.6) is 0 Å². The summed E-state index contributed by atoms with van der Waals surface area (Å²) in [4.78, 5) is 44.0. The van der Waals surface area contributed by atoms with Gasteiger partial charge < -0.3 is 14.4 Å². The molecule has 0 aliphatic heterocycles. The fraction of sp³-hybridized carbons (Fsp3) is 0.935. The van der Waals surface area contributed by atoms with E-state index in [0.717, 1.165) is 88.8 Å².